The molecule has 1 N–H and O–H groups in total. The summed E-state index contributed by atoms with van der Waals surface area (Å²) in [5, 5.41) is 8.68. The van der Waals surface area contributed by atoms with Crippen molar-refractivity contribution in [3.63, 3.8) is 0 Å². The number of carbonyl (C=O) groups is 1. The highest BCUT2D eigenvalue weighted by Gasteiger charge is 2.57. The summed E-state index contributed by atoms with van der Waals surface area (Å²) < 4.78 is 61.5. The lowest BCUT2D eigenvalue weighted by Crippen LogP contribution is -2.70. The van der Waals surface area contributed by atoms with Gasteiger partial charge in [0.2, 0.25) is 0 Å². The molecule has 2 spiro atoms. The van der Waals surface area contributed by atoms with Crippen LogP contribution in [0.5, 0.6) is 0 Å². The van der Waals surface area contributed by atoms with E-state index in [0.717, 1.165) is 94.3 Å². The lowest BCUT2D eigenvalue weighted by Gasteiger charge is -2.61. The van der Waals surface area contributed by atoms with Crippen LogP contribution in [0.4, 0.5) is 18.0 Å². The highest BCUT2D eigenvalue weighted by molar-refractivity contribution is 7.92. The number of urea groups is 1. The molecule has 5 aliphatic rings. The molecule has 0 radical (unpaired) electrons. The first-order chi connectivity index (χ1) is 18.9. The van der Waals surface area contributed by atoms with Gasteiger partial charge in [0.25, 0.3) is 9.84 Å². The summed E-state index contributed by atoms with van der Waals surface area (Å²) in [6.45, 7) is 5.43. The van der Waals surface area contributed by atoms with Gasteiger partial charge in [-0.3, -0.25) is 4.90 Å². The van der Waals surface area contributed by atoms with E-state index in [2.05, 4.69) is 20.1 Å². The molecule has 13 heteroatoms. The van der Waals surface area contributed by atoms with Gasteiger partial charge in [-0.25, -0.2) is 13.2 Å². The Bertz CT molecular complexity index is 1390. The number of alkyl halides is 3. The summed E-state index contributed by atoms with van der Waals surface area (Å²) in [5.41, 5.74) is -4.13. The summed E-state index contributed by atoms with van der Waals surface area (Å²) in [6, 6.07) is 5.11. The van der Waals surface area contributed by atoms with Crippen molar-refractivity contribution in [2.24, 2.45) is 10.8 Å². The highest BCUT2D eigenvalue weighted by atomic mass is 32.2. The maximum atomic E-state index is 13.1. The zero-order valence-corrected chi connectivity index (χ0v) is 23.0. The number of benzene rings is 1. The molecule has 0 atom stereocenters. The fourth-order valence-corrected chi connectivity index (χ4v) is 7.88. The Balaban J connectivity index is 0.841. The van der Waals surface area contributed by atoms with Gasteiger partial charge in [-0.1, -0.05) is 12.1 Å². The van der Waals surface area contributed by atoms with Gasteiger partial charge in [-0.15, -0.1) is 10.2 Å². The van der Waals surface area contributed by atoms with Gasteiger partial charge in [0, 0.05) is 55.4 Å². The van der Waals surface area contributed by atoms with Gasteiger partial charge >= 0.3 is 11.5 Å². The fraction of sp³-hybridized carbons (Fsp3) is 0.667. The first-order valence-electron chi connectivity index (χ1n) is 14.0. The number of carbonyl (C=O) groups excluding carboxylic acids is 1. The van der Waals surface area contributed by atoms with Crippen molar-refractivity contribution < 1.29 is 26.4 Å². The van der Waals surface area contributed by atoms with Gasteiger partial charge in [0.1, 0.15) is 11.6 Å². The van der Waals surface area contributed by atoms with E-state index >= 15 is 0 Å². The molecule has 5 fully saturated rings. The van der Waals surface area contributed by atoms with Gasteiger partial charge in [0.05, 0.1) is 4.90 Å². The Labute approximate surface area is 231 Å². The number of likely N-dealkylation sites (tertiary alicyclic amines) is 3. The summed E-state index contributed by atoms with van der Waals surface area (Å²) in [7, 11) is -5.33. The standard InChI is InChI=1S/C27H33F3N6O3S/c28-27(29,30)40(38,39)21-5-1-18(2-6-21)13-34-9-7-25(8-10-34)14-35(15-25)24(37)36-16-26(17-36)11-20(12-26)23-31-22(32-33-23)19-3-4-19/h1-2,5-6,19-20H,3-4,7-17H2,(H,31,32,33). The minimum Gasteiger partial charge on any atom is -0.328 e. The van der Waals surface area contributed by atoms with E-state index < -0.39 is 20.2 Å². The number of aromatic nitrogens is 3. The summed E-state index contributed by atoms with van der Waals surface area (Å²) in [5.74, 6) is 3.06. The third kappa shape index (κ3) is 4.49. The first kappa shape index (κ1) is 26.2. The highest BCUT2D eigenvalue weighted by Crippen LogP contribution is 2.56. The van der Waals surface area contributed by atoms with Crippen LogP contribution in [0, 0.1) is 10.8 Å². The van der Waals surface area contributed by atoms with Crippen molar-refractivity contribution in [3.05, 3.63) is 41.5 Å². The van der Waals surface area contributed by atoms with Crippen LogP contribution in [0.1, 0.15) is 67.6 Å². The maximum absolute atomic E-state index is 13.1. The maximum Gasteiger partial charge on any atom is 0.501 e. The van der Waals surface area contributed by atoms with Gasteiger partial charge in [-0.2, -0.15) is 13.2 Å². The lowest BCUT2D eigenvalue weighted by molar-refractivity contribution is -0.0798. The zero-order chi connectivity index (χ0) is 27.9. The Kier molecular flexibility index (Phi) is 5.85. The number of amides is 2. The summed E-state index contributed by atoms with van der Waals surface area (Å²) in [6.07, 6.45) is 6.47. The quantitative estimate of drug-likeness (QED) is 0.578. The van der Waals surface area contributed by atoms with E-state index in [9.17, 15) is 26.4 Å². The molecule has 2 amide bonds. The zero-order valence-electron chi connectivity index (χ0n) is 22.2. The molecule has 2 aliphatic carbocycles. The number of rotatable bonds is 5. The Hall–Kier alpha value is -2.67. The third-order valence-electron chi connectivity index (χ3n) is 9.74. The molecule has 0 unspecified atom stereocenters. The molecule has 7 rings (SSSR count). The van der Waals surface area contributed by atoms with Crippen molar-refractivity contribution in [1.29, 1.82) is 0 Å². The second-order valence-electron chi connectivity index (χ2n) is 12.8. The van der Waals surface area contributed by atoms with Gasteiger partial charge < -0.3 is 14.8 Å². The van der Waals surface area contributed by atoms with E-state index in [-0.39, 0.29) is 16.9 Å². The average molecular weight is 579 g/mol. The lowest BCUT2D eigenvalue weighted by atomic mass is 9.57. The molecule has 40 heavy (non-hydrogen) atoms. The molecule has 2 saturated carbocycles. The molecule has 4 heterocycles. The van der Waals surface area contributed by atoms with Crippen LogP contribution >= 0.6 is 0 Å². The van der Waals surface area contributed by atoms with Crippen molar-refractivity contribution in [1.82, 2.24) is 29.9 Å². The molecular formula is C27H33F3N6O3S. The van der Waals surface area contributed by atoms with Crippen LogP contribution in [0.15, 0.2) is 29.2 Å². The van der Waals surface area contributed by atoms with Crippen LogP contribution in [0.2, 0.25) is 0 Å². The van der Waals surface area contributed by atoms with Crippen molar-refractivity contribution in [3.8, 4) is 0 Å². The Morgan fingerprint density at radius 1 is 0.900 bits per heavy atom. The Morgan fingerprint density at radius 3 is 2.00 bits per heavy atom. The Morgan fingerprint density at radius 2 is 1.45 bits per heavy atom. The second-order valence-corrected chi connectivity index (χ2v) is 14.8. The second kappa shape index (κ2) is 8.91. The number of halogens is 3. The number of hydrogen-bond donors (Lipinski definition) is 1. The minimum atomic E-state index is -5.33. The number of hydrogen-bond acceptors (Lipinski definition) is 6. The van der Waals surface area contributed by atoms with Crippen molar-refractivity contribution in [2.45, 2.75) is 67.3 Å². The molecule has 1 aromatic carbocycles. The van der Waals surface area contributed by atoms with Crippen LogP contribution in [-0.4, -0.2) is 89.1 Å². The van der Waals surface area contributed by atoms with E-state index in [1.807, 2.05) is 9.80 Å². The van der Waals surface area contributed by atoms with Crippen LogP contribution in [0.3, 0.4) is 0 Å². The molecule has 9 nitrogen and oxygen atoms in total. The van der Waals surface area contributed by atoms with Crippen LogP contribution in [-0.2, 0) is 16.4 Å². The number of aromatic amines is 1. The smallest absolute Gasteiger partial charge is 0.328 e. The topological polar surface area (TPSA) is 102 Å². The molecule has 2 aromatic rings. The molecule has 0 bridgehead atoms. The predicted octanol–water partition coefficient (Wildman–Crippen LogP) is 3.87. The molecule has 3 saturated heterocycles. The molecule has 1 aromatic heterocycles. The monoisotopic (exact) mass is 578 g/mol. The number of sulfone groups is 1. The van der Waals surface area contributed by atoms with Gasteiger partial charge in [0.15, 0.2) is 0 Å². The van der Waals surface area contributed by atoms with Gasteiger partial charge in [-0.05, 0) is 69.3 Å². The molecule has 3 aliphatic heterocycles. The van der Waals surface area contributed by atoms with Crippen molar-refractivity contribution in [2.75, 3.05) is 39.3 Å². The minimum absolute atomic E-state index is 0.145. The predicted molar refractivity (Wildman–Crippen MR) is 138 cm³/mol. The SMILES string of the molecule is O=C(N1CC2(CCN(Cc3ccc(S(=O)(=O)C(F)(F)F)cc3)CC2)C1)N1CC2(CC(c3nnc(C4CC4)[nH]3)C2)C1. The fourth-order valence-electron chi connectivity index (χ4n) is 7.12. The first-order valence-corrected chi connectivity index (χ1v) is 15.5. The third-order valence-corrected chi connectivity index (χ3v) is 11.2. The number of nitrogens with zero attached hydrogens (tertiary/aromatic N) is 5. The summed E-state index contributed by atoms with van der Waals surface area (Å²) in [4.78, 5) is 21.9. The van der Waals surface area contributed by atoms with E-state index in [1.165, 1.54) is 25.0 Å². The van der Waals surface area contributed by atoms with Crippen LogP contribution in [0.25, 0.3) is 0 Å². The van der Waals surface area contributed by atoms with E-state index in [4.69, 9.17) is 0 Å². The normalized spacial score (nSPS) is 24.6. The van der Waals surface area contributed by atoms with E-state index in [1.54, 1.807) is 0 Å². The van der Waals surface area contributed by atoms with Crippen LogP contribution < -0.4 is 0 Å². The largest absolute Gasteiger partial charge is 0.501 e. The van der Waals surface area contributed by atoms with E-state index in [0.29, 0.717) is 18.4 Å². The summed E-state index contributed by atoms with van der Waals surface area (Å²) >= 11 is 0. The number of nitrogens with one attached hydrogen (secondary N) is 1. The molecular weight excluding hydrogens is 545 g/mol. The van der Waals surface area contributed by atoms with Crippen molar-refractivity contribution >= 4 is 15.9 Å². The number of piperidine rings is 1. The average Bonchev–Trinajstić information content (AvgIpc) is 3.58. The molecule has 216 valence electrons. The number of H-pyrrole nitrogens is 1.